The van der Waals surface area contributed by atoms with Crippen LogP contribution in [0, 0.1) is 0 Å². The number of sulfone groups is 1. The van der Waals surface area contributed by atoms with Crippen LogP contribution >= 0.6 is 11.8 Å². The number of rotatable bonds is 8. The number of nitrogens with zero attached hydrogens (tertiary/aromatic N) is 3. The average molecular weight is 449 g/mol. The normalized spacial score (nSPS) is 18.7. The predicted octanol–water partition coefficient (Wildman–Crippen LogP) is 2.69. The molecule has 2 heterocycles. The van der Waals surface area contributed by atoms with Gasteiger partial charge in [-0.1, -0.05) is 17.8 Å². The predicted molar refractivity (Wildman–Crippen MR) is 117 cm³/mol. The summed E-state index contributed by atoms with van der Waals surface area (Å²) in [6.07, 6.45) is 2.22. The van der Waals surface area contributed by atoms with E-state index in [1.54, 1.807) is 37.3 Å². The number of nitrogens with one attached hydrogen (secondary N) is 1. The number of anilines is 1. The number of amides is 1. The molecule has 1 fully saturated rings. The van der Waals surface area contributed by atoms with E-state index in [2.05, 4.69) is 22.1 Å². The fraction of sp³-hybridized carbons (Fsp3) is 0.400. The molecule has 1 N–H and O–H groups in total. The molecule has 0 unspecified atom stereocenters. The van der Waals surface area contributed by atoms with Crippen molar-refractivity contribution in [1.29, 1.82) is 0 Å². The highest BCUT2D eigenvalue weighted by atomic mass is 32.2. The van der Waals surface area contributed by atoms with Crippen LogP contribution < -0.4 is 5.32 Å². The highest BCUT2D eigenvalue weighted by Crippen LogP contribution is 2.31. The summed E-state index contributed by atoms with van der Waals surface area (Å²) in [5.41, 5.74) is 1.18. The van der Waals surface area contributed by atoms with Crippen LogP contribution in [0.25, 0.3) is 0 Å². The van der Waals surface area contributed by atoms with Gasteiger partial charge in [0.05, 0.1) is 16.8 Å². The summed E-state index contributed by atoms with van der Waals surface area (Å²) in [5, 5.41) is 11.3. The minimum absolute atomic E-state index is 0.0378. The third kappa shape index (κ3) is 5.17. The molecular weight excluding hydrogens is 424 g/mol. The van der Waals surface area contributed by atoms with Gasteiger partial charge >= 0.3 is 0 Å². The summed E-state index contributed by atoms with van der Waals surface area (Å²) in [5.74, 6) is 0.395. The summed E-state index contributed by atoms with van der Waals surface area (Å²) in [7, 11) is -3.04. The molecule has 0 saturated carbocycles. The number of aromatic nitrogens is 3. The van der Waals surface area contributed by atoms with Crippen LogP contribution in [-0.4, -0.2) is 51.6 Å². The number of hydrogen-bond acceptors (Lipinski definition) is 7. The highest BCUT2D eigenvalue weighted by Gasteiger charge is 2.33. The lowest BCUT2D eigenvalue weighted by atomic mass is 10.1. The van der Waals surface area contributed by atoms with Gasteiger partial charge in [0, 0.05) is 23.7 Å². The van der Waals surface area contributed by atoms with Gasteiger partial charge in [0.1, 0.15) is 5.82 Å². The lowest BCUT2D eigenvalue weighted by Crippen LogP contribution is -2.23. The zero-order valence-corrected chi connectivity index (χ0v) is 18.5. The molecule has 1 aromatic carbocycles. The summed E-state index contributed by atoms with van der Waals surface area (Å²) < 4.78 is 25.5. The van der Waals surface area contributed by atoms with Crippen molar-refractivity contribution in [2.75, 3.05) is 16.8 Å². The standard InChI is InChI=1S/C20H24N4O4S2/c1-4-10-24-18(16-9-11-30(27,28)12-16)22-23-20(24)29-14(3)19(26)21-17-7-5-15(6-8-17)13(2)25/h4-8,14,16H,1,9-12H2,2-3H3,(H,21,26)/t14-,16-/m1/s1. The Morgan fingerprint density at radius 1 is 1.33 bits per heavy atom. The van der Waals surface area contributed by atoms with Crippen molar-refractivity contribution in [3.8, 4) is 0 Å². The largest absolute Gasteiger partial charge is 0.325 e. The van der Waals surface area contributed by atoms with E-state index in [4.69, 9.17) is 0 Å². The summed E-state index contributed by atoms with van der Waals surface area (Å²) in [6.45, 7) is 7.44. The Kier molecular flexibility index (Phi) is 6.77. The van der Waals surface area contributed by atoms with Gasteiger partial charge in [-0.2, -0.15) is 0 Å². The molecule has 8 nitrogen and oxygen atoms in total. The maximum absolute atomic E-state index is 12.6. The third-order valence-corrected chi connectivity index (χ3v) is 7.71. The quantitative estimate of drug-likeness (QED) is 0.375. The molecule has 2 atom stereocenters. The maximum Gasteiger partial charge on any atom is 0.237 e. The highest BCUT2D eigenvalue weighted by molar-refractivity contribution is 8.00. The summed E-state index contributed by atoms with van der Waals surface area (Å²) in [6, 6.07) is 6.70. The van der Waals surface area contributed by atoms with E-state index in [9.17, 15) is 18.0 Å². The van der Waals surface area contributed by atoms with E-state index in [1.165, 1.54) is 18.7 Å². The number of carbonyl (C=O) groups is 2. The molecule has 10 heteroatoms. The molecule has 2 aromatic rings. The molecule has 3 rings (SSSR count). The van der Waals surface area contributed by atoms with Crippen LogP contribution in [0.3, 0.4) is 0 Å². The van der Waals surface area contributed by atoms with Gasteiger partial charge in [-0.25, -0.2) is 8.42 Å². The van der Waals surface area contributed by atoms with Gasteiger partial charge in [-0.3, -0.25) is 9.59 Å². The second kappa shape index (κ2) is 9.13. The Morgan fingerprint density at radius 3 is 2.60 bits per heavy atom. The van der Waals surface area contributed by atoms with E-state index >= 15 is 0 Å². The molecule has 1 aliphatic heterocycles. The van der Waals surface area contributed by atoms with Gasteiger partial charge in [0.25, 0.3) is 0 Å². The zero-order valence-electron chi connectivity index (χ0n) is 16.9. The van der Waals surface area contributed by atoms with E-state index < -0.39 is 15.1 Å². The van der Waals surface area contributed by atoms with Gasteiger partial charge in [-0.05, 0) is 44.5 Å². The molecule has 30 heavy (non-hydrogen) atoms. The van der Waals surface area contributed by atoms with Crippen molar-refractivity contribution in [2.24, 2.45) is 0 Å². The topological polar surface area (TPSA) is 111 Å². The average Bonchev–Trinajstić information content (AvgIpc) is 3.25. The number of carbonyl (C=O) groups excluding carboxylic acids is 2. The first-order valence-corrected chi connectivity index (χ1v) is 12.2. The van der Waals surface area contributed by atoms with Crippen molar-refractivity contribution in [1.82, 2.24) is 14.8 Å². The van der Waals surface area contributed by atoms with E-state index in [0.717, 1.165) is 0 Å². The molecule has 0 radical (unpaired) electrons. The van der Waals surface area contributed by atoms with Crippen LogP contribution in [-0.2, 0) is 21.2 Å². The van der Waals surface area contributed by atoms with Gasteiger partial charge in [0.2, 0.25) is 5.91 Å². The third-order valence-electron chi connectivity index (χ3n) is 4.87. The van der Waals surface area contributed by atoms with Crippen molar-refractivity contribution in [3.63, 3.8) is 0 Å². The molecule has 1 aromatic heterocycles. The van der Waals surface area contributed by atoms with Crippen LogP contribution in [0.1, 0.15) is 42.4 Å². The Morgan fingerprint density at radius 2 is 2.03 bits per heavy atom. The molecule has 1 saturated heterocycles. The SMILES string of the molecule is C=CCn1c(S[C@H](C)C(=O)Nc2ccc(C(C)=O)cc2)nnc1[C@@H]1CCS(=O)(=O)C1. The second-order valence-corrected chi connectivity index (χ2v) is 10.8. The first kappa shape index (κ1) is 22.2. The van der Waals surface area contributed by atoms with Crippen molar-refractivity contribution in [2.45, 2.75) is 43.1 Å². The van der Waals surface area contributed by atoms with Crippen LogP contribution in [0.4, 0.5) is 5.69 Å². The van der Waals surface area contributed by atoms with Crippen LogP contribution in [0.2, 0.25) is 0 Å². The van der Waals surface area contributed by atoms with Crippen molar-refractivity contribution in [3.05, 3.63) is 48.3 Å². The molecule has 0 aliphatic carbocycles. The van der Waals surface area contributed by atoms with Crippen LogP contribution in [0.5, 0.6) is 0 Å². The first-order valence-electron chi connectivity index (χ1n) is 9.53. The van der Waals surface area contributed by atoms with Crippen molar-refractivity contribution >= 4 is 39.0 Å². The second-order valence-electron chi connectivity index (χ2n) is 7.22. The van der Waals surface area contributed by atoms with Gasteiger partial charge in [0.15, 0.2) is 20.8 Å². The van der Waals surface area contributed by atoms with Gasteiger partial charge in [-0.15, -0.1) is 16.8 Å². The Labute approximate surface area is 180 Å². The number of ketones is 1. The fourth-order valence-corrected chi connectivity index (χ4v) is 5.84. The number of allylic oxidation sites excluding steroid dienone is 1. The van der Waals surface area contributed by atoms with Crippen molar-refractivity contribution < 1.29 is 18.0 Å². The Hall–Kier alpha value is -2.46. The fourth-order valence-electron chi connectivity index (χ4n) is 3.23. The molecule has 0 bridgehead atoms. The zero-order chi connectivity index (χ0) is 21.9. The van der Waals surface area contributed by atoms with Crippen LogP contribution in [0.15, 0.2) is 42.1 Å². The smallest absolute Gasteiger partial charge is 0.237 e. The van der Waals surface area contributed by atoms with E-state index in [0.29, 0.717) is 35.2 Å². The van der Waals surface area contributed by atoms with E-state index in [-0.39, 0.29) is 29.1 Å². The number of Topliss-reactive ketones (excluding diaryl/α,β-unsaturated/α-hetero) is 1. The molecule has 1 amide bonds. The molecule has 0 spiro atoms. The molecular formula is C20H24N4O4S2. The maximum atomic E-state index is 12.6. The number of benzene rings is 1. The lowest BCUT2D eigenvalue weighted by molar-refractivity contribution is -0.115. The summed E-state index contributed by atoms with van der Waals surface area (Å²) >= 11 is 1.25. The Balaban J connectivity index is 1.71. The monoisotopic (exact) mass is 448 g/mol. The lowest BCUT2D eigenvalue weighted by Gasteiger charge is -2.14. The Bertz CT molecular complexity index is 1060. The molecule has 160 valence electrons. The van der Waals surface area contributed by atoms with Gasteiger partial charge < -0.3 is 9.88 Å². The minimum atomic E-state index is -3.04. The number of thioether (sulfide) groups is 1. The number of hydrogen-bond donors (Lipinski definition) is 1. The van der Waals surface area contributed by atoms with E-state index in [1.807, 2.05) is 4.57 Å². The molecule has 1 aliphatic rings. The first-order chi connectivity index (χ1) is 14.2. The minimum Gasteiger partial charge on any atom is -0.325 e. The summed E-state index contributed by atoms with van der Waals surface area (Å²) in [4.78, 5) is 24.0.